The molecule has 0 fully saturated rings. The zero-order chi connectivity index (χ0) is 17.3. The third kappa shape index (κ3) is 3.05. The van der Waals surface area contributed by atoms with Gasteiger partial charge in [0.15, 0.2) is 4.80 Å². The average Bonchev–Trinajstić information content (AvgIpc) is 2.90. The zero-order valence-electron chi connectivity index (χ0n) is 12.9. The molecule has 2 aromatic carbocycles. The highest BCUT2D eigenvalue weighted by Crippen LogP contribution is 2.27. The predicted octanol–water partition coefficient (Wildman–Crippen LogP) is 5.25. The Morgan fingerprint density at radius 3 is 2.71 bits per heavy atom. The Morgan fingerprint density at radius 1 is 1.25 bits per heavy atom. The number of aromatic nitrogens is 1. The maximum Gasteiger partial charge on any atom is 0.281 e. The quantitative estimate of drug-likeness (QED) is 0.575. The van der Waals surface area contributed by atoms with E-state index >= 15 is 0 Å². The van der Waals surface area contributed by atoms with E-state index in [1.54, 1.807) is 30.3 Å². The summed E-state index contributed by atoms with van der Waals surface area (Å²) in [5, 5.41) is 1.07. The van der Waals surface area contributed by atoms with Gasteiger partial charge >= 0.3 is 0 Å². The molecule has 0 radical (unpaired) electrons. The third-order valence-corrected chi connectivity index (χ3v) is 5.43. The van der Waals surface area contributed by atoms with Crippen LogP contribution in [0.4, 0.5) is 0 Å². The number of carbonyl (C=O) groups is 1. The average molecular weight is 377 g/mol. The lowest BCUT2D eigenvalue weighted by molar-refractivity contribution is 0.0998. The largest absolute Gasteiger partial charge is 0.312 e. The Balaban J connectivity index is 2.24. The van der Waals surface area contributed by atoms with Crippen LogP contribution in [0.2, 0.25) is 10.0 Å². The Hall–Kier alpha value is -1.88. The Labute approximate surface area is 153 Å². The van der Waals surface area contributed by atoms with Crippen molar-refractivity contribution in [3.05, 3.63) is 75.0 Å². The number of thiazole rings is 1. The molecule has 0 aliphatic heterocycles. The van der Waals surface area contributed by atoms with Crippen molar-refractivity contribution in [3.8, 4) is 0 Å². The van der Waals surface area contributed by atoms with Crippen molar-refractivity contribution in [1.29, 1.82) is 0 Å². The monoisotopic (exact) mass is 376 g/mol. The number of rotatable bonds is 3. The summed E-state index contributed by atoms with van der Waals surface area (Å²) in [5.41, 5.74) is 2.31. The summed E-state index contributed by atoms with van der Waals surface area (Å²) in [6.07, 6.45) is 1.77. The van der Waals surface area contributed by atoms with E-state index in [2.05, 4.69) is 11.6 Å². The molecule has 0 N–H and O–H groups in total. The maximum absolute atomic E-state index is 12.5. The van der Waals surface area contributed by atoms with E-state index in [-0.39, 0.29) is 5.91 Å². The van der Waals surface area contributed by atoms with E-state index in [0.717, 1.165) is 15.8 Å². The number of benzene rings is 2. The summed E-state index contributed by atoms with van der Waals surface area (Å²) in [4.78, 5) is 17.4. The van der Waals surface area contributed by atoms with Gasteiger partial charge in [0.2, 0.25) is 0 Å². The molecule has 0 atom stereocenters. The fourth-order valence-corrected chi connectivity index (χ4v) is 3.95. The van der Waals surface area contributed by atoms with E-state index in [9.17, 15) is 4.79 Å². The van der Waals surface area contributed by atoms with Crippen LogP contribution in [0.15, 0.2) is 54.0 Å². The first kappa shape index (κ1) is 17.0. The molecule has 3 nitrogen and oxygen atoms in total. The van der Waals surface area contributed by atoms with Gasteiger partial charge in [0.1, 0.15) is 0 Å². The number of allylic oxidation sites excluding steroid dienone is 1. The lowest BCUT2D eigenvalue weighted by Crippen LogP contribution is -2.16. The number of amides is 1. The lowest BCUT2D eigenvalue weighted by Gasteiger charge is -2.05. The standard InChI is InChI=1S/C18H14Cl2N2OS/c1-3-10-22-16-11(2)13(19)8-9-15(16)24-18(22)21-17(23)12-6-4-5-7-14(12)20/h3-9H,1,10H2,2H3. The number of nitrogens with zero attached hydrogens (tertiary/aromatic N) is 2. The minimum absolute atomic E-state index is 0.367. The summed E-state index contributed by atoms with van der Waals surface area (Å²) in [6, 6.07) is 10.7. The summed E-state index contributed by atoms with van der Waals surface area (Å²) < 4.78 is 2.97. The molecule has 122 valence electrons. The summed E-state index contributed by atoms with van der Waals surface area (Å²) in [6.45, 7) is 6.28. The number of aryl methyl sites for hydroxylation is 1. The number of halogens is 2. The smallest absolute Gasteiger partial charge is 0.281 e. The van der Waals surface area contributed by atoms with Crippen LogP contribution in [0.25, 0.3) is 10.2 Å². The SMILES string of the molecule is C=CCn1c(=NC(=O)c2ccccc2Cl)sc2ccc(Cl)c(C)c21. The summed E-state index contributed by atoms with van der Waals surface area (Å²) >= 11 is 13.8. The Bertz CT molecular complexity index is 1020. The molecule has 0 saturated carbocycles. The molecule has 0 unspecified atom stereocenters. The van der Waals surface area contributed by atoms with Gasteiger partial charge in [-0.2, -0.15) is 4.99 Å². The second-order valence-corrected chi connectivity index (χ2v) is 7.02. The number of fused-ring (bicyclic) bond motifs is 1. The van der Waals surface area contributed by atoms with Gasteiger partial charge in [-0.1, -0.05) is 52.7 Å². The molecule has 0 spiro atoms. The third-order valence-electron chi connectivity index (χ3n) is 3.64. The second kappa shape index (κ2) is 6.93. The van der Waals surface area contributed by atoms with E-state index in [1.165, 1.54) is 11.3 Å². The van der Waals surface area contributed by atoms with Crippen molar-refractivity contribution in [2.45, 2.75) is 13.5 Å². The van der Waals surface area contributed by atoms with Crippen molar-refractivity contribution in [2.24, 2.45) is 4.99 Å². The van der Waals surface area contributed by atoms with Crippen molar-refractivity contribution in [1.82, 2.24) is 4.57 Å². The molecule has 3 rings (SSSR count). The number of carbonyl (C=O) groups excluding carboxylic acids is 1. The minimum atomic E-state index is -0.367. The highest BCUT2D eigenvalue weighted by Gasteiger charge is 2.13. The molecular weight excluding hydrogens is 363 g/mol. The van der Waals surface area contributed by atoms with Gasteiger partial charge in [-0.05, 0) is 36.8 Å². The van der Waals surface area contributed by atoms with Crippen LogP contribution < -0.4 is 4.80 Å². The van der Waals surface area contributed by atoms with Gasteiger partial charge in [0.25, 0.3) is 5.91 Å². The summed E-state index contributed by atoms with van der Waals surface area (Å²) in [5.74, 6) is -0.367. The molecule has 24 heavy (non-hydrogen) atoms. The molecule has 0 saturated heterocycles. The highest BCUT2D eigenvalue weighted by molar-refractivity contribution is 7.16. The molecular formula is C18H14Cl2N2OS. The molecule has 0 aliphatic carbocycles. The first-order valence-electron chi connectivity index (χ1n) is 7.26. The topological polar surface area (TPSA) is 34.4 Å². The second-order valence-electron chi connectivity index (χ2n) is 5.20. The summed E-state index contributed by atoms with van der Waals surface area (Å²) in [7, 11) is 0. The van der Waals surface area contributed by atoms with E-state index < -0.39 is 0 Å². The van der Waals surface area contributed by atoms with Gasteiger partial charge in [0.05, 0.1) is 20.8 Å². The van der Waals surface area contributed by atoms with E-state index in [1.807, 2.05) is 23.6 Å². The van der Waals surface area contributed by atoms with Crippen molar-refractivity contribution in [3.63, 3.8) is 0 Å². The van der Waals surface area contributed by atoms with Gasteiger partial charge in [-0.3, -0.25) is 4.79 Å². The molecule has 0 bridgehead atoms. The molecule has 3 aromatic rings. The van der Waals surface area contributed by atoms with E-state index in [0.29, 0.717) is 27.0 Å². The van der Waals surface area contributed by atoms with Crippen LogP contribution in [0, 0.1) is 6.92 Å². The number of hydrogen-bond donors (Lipinski definition) is 0. The van der Waals surface area contributed by atoms with Gasteiger partial charge < -0.3 is 4.57 Å². The zero-order valence-corrected chi connectivity index (χ0v) is 15.3. The van der Waals surface area contributed by atoms with Crippen LogP contribution in [0.1, 0.15) is 15.9 Å². The minimum Gasteiger partial charge on any atom is -0.312 e. The van der Waals surface area contributed by atoms with Gasteiger partial charge in [-0.15, -0.1) is 6.58 Å². The normalized spacial score (nSPS) is 11.9. The fourth-order valence-electron chi connectivity index (χ4n) is 2.48. The molecule has 1 amide bonds. The van der Waals surface area contributed by atoms with Gasteiger partial charge in [-0.25, -0.2) is 0 Å². The van der Waals surface area contributed by atoms with Crippen LogP contribution in [0.3, 0.4) is 0 Å². The predicted molar refractivity (Wildman–Crippen MR) is 101 cm³/mol. The van der Waals surface area contributed by atoms with Crippen molar-refractivity contribution < 1.29 is 4.79 Å². The Kier molecular flexibility index (Phi) is 4.90. The highest BCUT2D eigenvalue weighted by atomic mass is 35.5. The van der Waals surface area contributed by atoms with Crippen molar-refractivity contribution >= 4 is 50.7 Å². The molecule has 1 heterocycles. The van der Waals surface area contributed by atoms with Crippen LogP contribution in [-0.2, 0) is 6.54 Å². The van der Waals surface area contributed by atoms with Crippen molar-refractivity contribution in [2.75, 3.05) is 0 Å². The van der Waals surface area contributed by atoms with Crippen LogP contribution in [-0.4, -0.2) is 10.5 Å². The molecule has 0 aliphatic rings. The lowest BCUT2D eigenvalue weighted by atomic mass is 10.2. The van der Waals surface area contributed by atoms with Crippen LogP contribution >= 0.6 is 34.5 Å². The Morgan fingerprint density at radius 2 is 2.00 bits per heavy atom. The van der Waals surface area contributed by atoms with Gasteiger partial charge in [0, 0.05) is 11.6 Å². The first-order valence-corrected chi connectivity index (χ1v) is 8.83. The molecule has 6 heteroatoms. The molecule has 1 aromatic heterocycles. The first-order chi connectivity index (χ1) is 11.5. The van der Waals surface area contributed by atoms with E-state index in [4.69, 9.17) is 23.2 Å². The fraction of sp³-hybridized carbons (Fsp3) is 0.111. The number of hydrogen-bond acceptors (Lipinski definition) is 2. The maximum atomic E-state index is 12.5. The van der Waals surface area contributed by atoms with Crippen LogP contribution in [0.5, 0.6) is 0 Å².